The molecule has 9 nitrogen and oxygen atoms in total. The number of fused-ring (bicyclic) bond motifs is 1. The number of benzene rings is 1. The maximum Gasteiger partial charge on any atom is 0.234 e. The third kappa shape index (κ3) is 5.04. The molecule has 2 heterocycles. The molecule has 0 spiro atoms. The highest BCUT2D eigenvalue weighted by molar-refractivity contribution is 5.97. The molecule has 30 heavy (non-hydrogen) atoms. The minimum absolute atomic E-state index is 0.00108. The first-order chi connectivity index (χ1) is 14.3. The number of hydrogen-bond acceptors (Lipinski definition) is 6. The van der Waals surface area contributed by atoms with Gasteiger partial charge in [-0.15, -0.1) is 5.10 Å². The van der Waals surface area contributed by atoms with Gasteiger partial charge in [0.05, 0.1) is 6.61 Å². The Bertz CT molecular complexity index is 1130. The predicted molar refractivity (Wildman–Crippen MR) is 113 cm³/mol. The molecular formula is C21H24N8O. The number of aliphatic hydroxyl groups is 1. The van der Waals surface area contributed by atoms with Crippen molar-refractivity contribution in [1.29, 1.82) is 5.26 Å². The van der Waals surface area contributed by atoms with Crippen molar-refractivity contribution in [3.8, 4) is 6.07 Å². The van der Waals surface area contributed by atoms with E-state index in [1.807, 2.05) is 16.7 Å². The minimum Gasteiger partial charge on any atom is -0.392 e. The molecular weight excluding hydrogens is 380 g/mol. The second-order valence-electron chi connectivity index (χ2n) is 8.10. The zero-order valence-electron chi connectivity index (χ0n) is 17.2. The Labute approximate surface area is 174 Å². The minimum atomic E-state index is -0.0279. The van der Waals surface area contributed by atoms with E-state index in [0.29, 0.717) is 17.8 Å². The van der Waals surface area contributed by atoms with Gasteiger partial charge in [-0.05, 0) is 22.3 Å². The van der Waals surface area contributed by atoms with Crippen molar-refractivity contribution < 1.29 is 5.11 Å². The standard InChI is InChI=1S/C21H24N8O/c1-21(2,3)13-29-17(8-16-10-24-18(9-22)26-20(16)29)11-25-28-27-19(23)15-6-4-14(12-30)5-7-15/h4-8,10,30H,11-13H2,1-3H3,(H2,23,25,27). The summed E-state index contributed by atoms with van der Waals surface area (Å²) in [5.74, 6) is 0.372. The first kappa shape index (κ1) is 21.1. The number of amidine groups is 1. The average molecular weight is 404 g/mol. The van der Waals surface area contributed by atoms with Gasteiger partial charge in [-0.1, -0.05) is 45.0 Å². The van der Waals surface area contributed by atoms with Gasteiger partial charge in [0, 0.05) is 29.4 Å². The predicted octanol–water partition coefficient (Wildman–Crippen LogP) is 3.11. The van der Waals surface area contributed by atoms with Gasteiger partial charge in [-0.25, -0.2) is 9.97 Å². The topological polar surface area (TPSA) is 138 Å². The first-order valence-electron chi connectivity index (χ1n) is 9.46. The van der Waals surface area contributed by atoms with Crippen LogP contribution in [0.25, 0.3) is 11.0 Å². The van der Waals surface area contributed by atoms with E-state index in [1.165, 1.54) is 0 Å². The van der Waals surface area contributed by atoms with E-state index in [0.717, 1.165) is 16.6 Å². The van der Waals surface area contributed by atoms with Gasteiger partial charge in [0.25, 0.3) is 0 Å². The quantitative estimate of drug-likeness (QED) is 0.281. The summed E-state index contributed by atoms with van der Waals surface area (Å²) in [7, 11) is 0. The van der Waals surface area contributed by atoms with Crippen LogP contribution in [-0.4, -0.2) is 25.5 Å². The van der Waals surface area contributed by atoms with E-state index >= 15 is 0 Å². The molecule has 3 N–H and O–H groups in total. The summed E-state index contributed by atoms with van der Waals surface area (Å²) in [5.41, 5.74) is 9.05. The van der Waals surface area contributed by atoms with Crippen LogP contribution in [0.15, 0.2) is 52.0 Å². The fraction of sp³-hybridized carbons (Fsp3) is 0.333. The molecule has 0 fully saturated rings. The summed E-state index contributed by atoms with van der Waals surface area (Å²) >= 11 is 0. The molecule has 0 aliphatic heterocycles. The number of rotatable bonds is 6. The Morgan fingerprint density at radius 1 is 1.27 bits per heavy atom. The molecule has 0 saturated heterocycles. The molecule has 2 aromatic heterocycles. The number of aliphatic hydroxyl groups excluding tert-OH is 1. The smallest absolute Gasteiger partial charge is 0.234 e. The molecule has 0 atom stereocenters. The molecule has 0 unspecified atom stereocenters. The lowest BCUT2D eigenvalue weighted by molar-refractivity contribution is 0.282. The number of nitrogens with two attached hydrogens (primary N) is 1. The van der Waals surface area contributed by atoms with E-state index in [-0.39, 0.29) is 30.2 Å². The summed E-state index contributed by atoms with van der Waals surface area (Å²) in [4.78, 5) is 8.41. The average Bonchev–Trinajstić information content (AvgIpc) is 3.06. The van der Waals surface area contributed by atoms with Crippen LogP contribution in [0.4, 0.5) is 0 Å². The lowest BCUT2D eigenvalue weighted by atomic mass is 9.97. The van der Waals surface area contributed by atoms with Gasteiger partial charge in [0.2, 0.25) is 5.82 Å². The van der Waals surface area contributed by atoms with Crippen molar-refractivity contribution in [3.05, 3.63) is 59.2 Å². The van der Waals surface area contributed by atoms with E-state index in [9.17, 15) is 0 Å². The summed E-state index contributed by atoms with van der Waals surface area (Å²) in [6, 6.07) is 11.0. The van der Waals surface area contributed by atoms with Crippen molar-refractivity contribution in [1.82, 2.24) is 14.5 Å². The molecule has 0 amide bonds. The number of nitrogens with zero attached hydrogens (tertiary/aromatic N) is 7. The van der Waals surface area contributed by atoms with Crippen molar-refractivity contribution in [2.45, 2.75) is 40.5 Å². The van der Waals surface area contributed by atoms with E-state index in [1.54, 1.807) is 30.5 Å². The SMILES string of the molecule is CC(C)(C)Cn1c(CN=NN=C(N)c2ccc(CO)cc2)cc2cnc(C#N)nc21. The van der Waals surface area contributed by atoms with Gasteiger partial charge < -0.3 is 15.4 Å². The molecule has 0 aliphatic rings. The van der Waals surface area contributed by atoms with Gasteiger partial charge >= 0.3 is 0 Å². The largest absolute Gasteiger partial charge is 0.392 e. The van der Waals surface area contributed by atoms with E-state index in [2.05, 4.69) is 46.2 Å². The monoisotopic (exact) mass is 404 g/mol. The second-order valence-corrected chi connectivity index (χ2v) is 8.10. The van der Waals surface area contributed by atoms with Crippen LogP contribution >= 0.6 is 0 Å². The molecule has 9 heteroatoms. The second kappa shape index (κ2) is 8.80. The zero-order valence-corrected chi connectivity index (χ0v) is 17.2. The Kier molecular flexibility index (Phi) is 6.18. The molecule has 3 rings (SSSR count). The van der Waals surface area contributed by atoms with Crippen molar-refractivity contribution in [3.63, 3.8) is 0 Å². The highest BCUT2D eigenvalue weighted by atomic mass is 16.3. The fourth-order valence-corrected chi connectivity index (χ4v) is 2.95. The molecule has 0 saturated carbocycles. The summed E-state index contributed by atoms with van der Waals surface area (Å²) < 4.78 is 2.04. The van der Waals surface area contributed by atoms with Crippen LogP contribution < -0.4 is 5.73 Å². The van der Waals surface area contributed by atoms with Gasteiger partial charge in [0.15, 0.2) is 5.84 Å². The Morgan fingerprint density at radius 2 is 2.00 bits per heavy atom. The highest BCUT2D eigenvalue weighted by Crippen LogP contribution is 2.24. The normalized spacial score (nSPS) is 12.6. The molecule has 0 bridgehead atoms. The fourth-order valence-electron chi connectivity index (χ4n) is 2.95. The Morgan fingerprint density at radius 3 is 2.63 bits per heavy atom. The third-order valence-electron chi connectivity index (χ3n) is 4.33. The van der Waals surface area contributed by atoms with Crippen molar-refractivity contribution in [2.24, 2.45) is 26.6 Å². The van der Waals surface area contributed by atoms with Crippen molar-refractivity contribution in [2.75, 3.05) is 0 Å². The number of aromatic nitrogens is 3. The van der Waals surface area contributed by atoms with Gasteiger partial charge in [-0.2, -0.15) is 10.4 Å². The highest BCUT2D eigenvalue weighted by Gasteiger charge is 2.18. The first-order valence-corrected chi connectivity index (χ1v) is 9.46. The van der Waals surface area contributed by atoms with Crippen LogP contribution in [-0.2, 0) is 19.7 Å². The molecule has 1 aromatic carbocycles. The molecule has 0 aliphatic carbocycles. The van der Waals surface area contributed by atoms with Crippen LogP contribution in [0.3, 0.4) is 0 Å². The van der Waals surface area contributed by atoms with Crippen molar-refractivity contribution >= 4 is 16.9 Å². The Hall–Kier alpha value is -3.64. The lowest BCUT2D eigenvalue weighted by Gasteiger charge is -2.21. The molecule has 3 aromatic rings. The van der Waals surface area contributed by atoms with E-state index < -0.39 is 0 Å². The number of nitriles is 1. The third-order valence-corrected chi connectivity index (χ3v) is 4.33. The zero-order chi connectivity index (χ0) is 21.7. The van der Waals surface area contributed by atoms with Crippen LogP contribution in [0.1, 0.15) is 43.4 Å². The maximum atomic E-state index is 9.12. The lowest BCUT2D eigenvalue weighted by Crippen LogP contribution is -2.17. The summed E-state index contributed by atoms with van der Waals surface area (Å²) in [6.45, 7) is 7.34. The molecule has 154 valence electrons. The van der Waals surface area contributed by atoms with Gasteiger partial charge in [0.1, 0.15) is 18.3 Å². The molecule has 0 radical (unpaired) electrons. The van der Waals surface area contributed by atoms with Crippen LogP contribution in [0.5, 0.6) is 0 Å². The maximum absolute atomic E-state index is 9.12. The Balaban J connectivity index is 1.83. The number of hydrogen-bond donors (Lipinski definition) is 2. The van der Waals surface area contributed by atoms with Crippen LogP contribution in [0, 0.1) is 16.7 Å². The summed E-state index contributed by atoms with van der Waals surface area (Å²) in [5, 5.41) is 31.0. The van der Waals surface area contributed by atoms with Crippen LogP contribution in [0.2, 0.25) is 0 Å². The van der Waals surface area contributed by atoms with Gasteiger partial charge in [-0.3, -0.25) is 0 Å². The summed E-state index contributed by atoms with van der Waals surface area (Å²) in [6.07, 6.45) is 1.65. The van der Waals surface area contributed by atoms with E-state index in [4.69, 9.17) is 16.1 Å².